The molecule has 0 spiro atoms. The molecule has 0 unspecified atom stereocenters. The van der Waals surface area contributed by atoms with Gasteiger partial charge in [0.1, 0.15) is 0 Å². The third-order valence-corrected chi connectivity index (χ3v) is 1.93. The molecule has 0 aliphatic carbocycles. The molecule has 0 aromatic carbocycles. The van der Waals surface area contributed by atoms with Gasteiger partial charge in [0.2, 0.25) is 17.6 Å². The highest BCUT2D eigenvalue weighted by atomic mass is 16.5. The fourth-order valence-corrected chi connectivity index (χ4v) is 1.20. The van der Waals surface area contributed by atoms with E-state index in [0.29, 0.717) is 24.2 Å². The molecule has 2 aromatic rings. The van der Waals surface area contributed by atoms with Crippen molar-refractivity contribution in [2.75, 3.05) is 6.61 Å². The second-order valence-corrected chi connectivity index (χ2v) is 3.03. The molecule has 0 aliphatic rings. The molecule has 0 amide bonds. The number of hydrogen-bond acceptors (Lipinski definition) is 6. The van der Waals surface area contributed by atoms with E-state index in [-0.39, 0.29) is 6.54 Å². The third kappa shape index (κ3) is 2.17. The summed E-state index contributed by atoms with van der Waals surface area (Å²) in [5.41, 5.74) is 6.14. The van der Waals surface area contributed by atoms with Crippen LogP contribution >= 0.6 is 0 Å². The van der Waals surface area contributed by atoms with Crippen molar-refractivity contribution in [2.24, 2.45) is 5.73 Å². The van der Waals surface area contributed by atoms with Gasteiger partial charge >= 0.3 is 0 Å². The molecule has 0 fully saturated rings. The summed E-state index contributed by atoms with van der Waals surface area (Å²) in [5, 5.41) is 3.79. The van der Waals surface area contributed by atoms with Gasteiger partial charge in [-0.05, 0) is 13.0 Å². The van der Waals surface area contributed by atoms with Gasteiger partial charge in [-0.25, -0.2) is 4.98 Å². The predicted octanol–water partition coefficient (Wildman–Crippen LogP) is 0.989. The summed E-state index contributed by atoms with van der Waals surface area (Å²) in [6.45, 7) is 2.73. The predicted molar refractivity (Wildman–Crippen MR) is 56.6 cm³/mol. The first-order chi connectivity index (χ1) is 7.83. The van der Waals surface area contributed by atoms with Crippen LogP contribution in [0.2, 0.25) is 0 Å². The van der Waals surface area contributed by atoms with Gasteiger partial charge in [-0.15, -0.1) is 0 Å². The van der Waals surface area contributed by atoms with Crippen molar-refractivity contribution >= 4 is 0 Å². The minimum absolute atomic E-state index is 0.234. The standard InChI is InChI=1S/C10H12N4O2/c1-2-15-8-4-3-7(6-12-8)10-13-9(5-11)16-14-10/h3-4,6H,2,5,11H2,1H3. The first-order valence-electron chi connectivity index (χ1n) is 4.95. The first-order valence-corrected chi connectivity index (χ1v) is 4.95. The van der Waals surface area contributed by atoms with E-state index in [2.05, 4.69) is 15.1 Å². The molecule has 0 radical (unpaired) electrons. The summed E-state index contributed by atoms with van der Waals surface area (Å²) in [6, 6.07) is 3.58. The third-order valence-electron chi connectivity index (χ3n) is 1.93. The summed E-state index contributed by atoms with van der Waals surface area (Å²) in [4.78, 5) is 8.20. The number of rotatable bonds is 4. The molecule has 0 saturated carbocycles. The topological polar surface area (TPSA) is 87.1 Å². The first kappa shape index (κ1) is 10.6. The lowest BCUT2D eigenvalue weighted by Gasteiger charge is -2.00. The molecular formula is C10H12N4O2. The Labute approximate surface area is 92.4 Å². The fourth-order valence-electron chi connectivity index (χ4n) is 1.20. The van der Waals surface area contributed by atoms with Crippen molar-refractivity contribution in [1.82, 2.24) is 15.1 Å². The molecule has 0 saturated heterocycles. The molecule has 2 heterocycles. The lowest BCUT2D eigenvalue weighted by Crippen LogP contribution is -1.96. The lowest BCUT2D eigenvalue weighted by atomic mass is 10.3. The summed E-state index contributed by atoms with van der Waals surface area (Å²) < 4.78 is 10.1. The van der Waals surface area contributed by atoms with Crippen LogP contribution in [0.4, 0.5) is 0 Å². The van der Waals surface area contributed by atoms with Crippen LogP contribution in [-0.4, -0.2) is 21.7 Å². The van der Waals surface area contributed by atoms with Crippen LogP contribution in [0.1, 0.15) is 12.8 Å². The number of nitrogens with two attached hydrogens (primary N) is 1. The summed E-state index contributed by atoms with van der Waals surface area (Å²) in [5.74, 6) is 1.47. The summed E-state index contributed by atoms with van der Waals surface area (Å²) >= 11 is 0. The zero-order valence-corrected chi connectivity index (χ0v) is 8.88. The fraction of sp³-hybridized carbons (Fsp3) is 0.300. The SMILES string of the molecule is CCOc1ccc(-c2noc(CN)n2)cn1. The van der Waals surface area contributed by atoms with E-state index in [4.69, 9.17) is 15.0 Å². The highest BCUT2D eigenvalue weighted by molar-refractivity contribution is 5.52. The van der Waals surface area contributed by atoms with Crippen molar-refractivity contribution in [3.63, 3.8) is 0 Å². The Morgan fingerprint density at radius 3 is 2.88 bits per heavy atom. The van der Waals surface area contributed by atoms with Crippen LogP contribution in [0.25, 0.3) is 11.4 Å². The highest BCUT2D eigenvalue weighted by Crippen LogP contribution is 2.17. The van der Waals surface area contributed by atoms with Gasteiger partial charge in [0.25, 0.3) is 0 Å². The van der Waals surface area contributed by atoms with Crippen LogP contribution in [0.15, 0.2) is 22.9 Å². The number of aromatic nitrogens is 3. The molecule has 84 valence electrons. The summed E-state index contributed by atoms with van der Waals surface area (Å²) in [6.07, 6.45) is 1.64. The Bertz CT molecular complexity index is 452. The van der Waals surface area contributed by atoms with Crippen molar-refractivity contribution in [2.45, 2.75) is 13.5 Å². The molecule has 16 heavy (non-hydrogen) atoms. The second-order valence-electron chi connectivity index (χ2n) is 3.03. The minimum Gasteiger partial charge on any atom is -0.478 e. The maximum absolute atomic E-state index is 5.37. The molecule has 0 aliphatic heterocycles. The van der Waals surface area contributed by atoms with Gasteiger partial charge < -0.3 is 15.0 Å². The molecule has 6 nitrogen and oxygen atoms in total. The largest absolute Gasteiger partial charge is 0.478 e. The van der Waals surface area contributed by atoms with Gasteiger partial charge in [0, 0.05) is 17.8 Å². The quantitative estimate of drug-likeness (QED) is 0.826. The van der Waals surface area contributed by atoms with Gasteiger partial charge in [0.05, 0.1) is 13.2 Å². The van der Waals surface area contributed by atoms with Gasteiger partial charge in [-0.3, -0.25) is 0 Å². The van der Waals surface area contributed by atoms with Crippen LogP contribution in [0, 0.1) is 0 Å². The van der Waals surface area contributed by atoms with E-state index in [0.717, 1.165) is 5.56 Å². The van der Waals surface area contributed by atoms with Crippen LogP contribution in [0.3, 0.4) is 0 Å². The molecule has 0 atom stereocenters. The van der Waals surface area contributed by atoms with Crippen molar-refractivity contribution < 1.29 is 9.26 Å². The van der Waals surface area contributed by atoms with Gasteiger partial charge in [-0.1, -0.05) is 5.16 Å². The molecule has 2 N–H and O–H groups in total. The maximum Gasteiger partial charge on any atom is 0.240 e. The van der Waals surface area contributed by atoms with Crippen LogP contribution < -0.4 is 10.5 Å². The second kappa shape index (κ2) is 4.71. The number of ether oxygens (including phenoxy) is 1. The Kier molecular flexibility index (Phi) is 3.11. The van der Waals surface area contributed by atoms with Crippen molar-refractivity contribution in [1.29, 1.82) is 0 Å². The number of nitrogens with zero attached hydrogens (tertiary/aromatic N) is 3. The smallest absolute Gasteiger partial charge is 0.240 e. The van der Waals surface area contributed by atoms with Gasteiger partial charge in [-0.2, -0.15) is 4.98 Å². The number of pyridine rings is 1. The van der Waals surface area contributed by atoms with Crippen LogP contribution in [0.5, 0.6) is 5.88 Å². The Hall–Kier alpha value is -1.95. The van der Waals surface area contributed by atoms with Gasteiger partial charge in [0.15, 0.2) is 0 Å². The normalized spacial score (nSPS) is 10.4. The molecule has 2 aromatic heterocycles. The average Bonchev–Trinajstić information content (AvgIpc) is 2.79. The van der Waals surface area contributed by atoms with Crippen molar-refractivity contribution in [3.05, 3.63) is 24.2 Å². The molecular weight excluding hydrogens is 208 g/mol. The Morgan fingerprint density at radius 2 is 2.31 bits per heavy atom. The Morgan fingerprint density at radius 1 is 1.44 bits per heavy atom. The van der Waals surface area contributed by atoms with E-state index < -0.39 is 0 Å². The van der Waals surface area contributed by atoms with E-state index in [1.165, 1.54) is 0 Å². The summed E-state index contributed by atoms with van der Waals surface area (Å²) in [7, 11) is 0. The average molecular weight is 220 g/mol. The zero-order chi connectivity index (χ0) is 11.4. The van der Waals surface area contributed by atoms with E-state index in [1.54, 1.807) is 12.3 Å². The van der Waals surface area contributed by atoms with E-state index in [9.17, 15) is 0 Å². The van der Waals surface area contributed by atoms with E-state index in [1.807, 2.05) is 13.0 Å². The maximum atomic E-state index is 5.37. The molecule has 2 rings (SSSR count). The van der Waals surface area contributed by atoms with Crippen LogP contribution in [-0.2, 0) is 6.54 Å². The lowest BCUT2D eigenvalue weighted by molar-refractivity contribution is 0.327. The highest BCUT2D eigenvalue weighted by Gasteiger charge is 2.07. The molecule has 6 heteroatoms. The Balaban J connectivity index is 2.20. The molecule has 0 bridgehead atoms. The zero-order valence-electron chi connectivity index (χ0n) is 8.88. The van der Waals surface area contributed by atoms with E-state index >= 15 is 0 Å². The minimum atomic E-state index is 0.234. The van der Waals surface area contributed by atoms with Crippen molar-refractivity contribution in [3.8, 4) is 17.3 Å². The number of hydrogen-bond donors (Lipinski definition) is 1. The monoisotopic (exact) mass is 220 g/mol.